The lowest BCUT2D eigenvalue weighted by Crippen LogP contribution is -2.55. The van der Waals surface area contributed by atoms with E-state index in [9.17, 15) is 20.1 Å². The molecule has 134 valence electrons. The molecule has 24 heavy (non-hydrogen) atoms. The zero-order chi connectivity index (χ0) is 17.5. The number of rotatable bonds is 7. The van der Waals surface area contributed by atoms with Crippen LogP contribution < -0.4 is 11.1 Å². The van der Waals surface area contributed by atoms with Crippen LogP contribution in [0.3, 0.4) is 0 Å². The molecule has 1 aliphatic carbocycles. The van der Waals surface area contributed by atoms with Crippen LogP contribution in [0.15, 0.2) is 30.3 Å². The van der Waals surface area contributed by atoms with Gasteiger partial charge in [-0.05, 0) is 30.7 Å². The third kappa shape index (κ3) is 5.27. The number of nitrogens with one attached hydrogen (secondary N) is 1. The number of benzene rings is 1. The smallest absolute Gasteiger partial charge is 0.250 e. The Morgan fingerprint density at radius 2 is 1.75 bits per heavy atom. The van der Waals surface area contributed by atoms with E-state index in [1.807, 2.05) is 30.3 Å². The van der Waals surface area contributed by atoms with E-state index >= 15 is 0 Å². The molecule has 6 N–H and O–H groups in total. The highest BCUT2D eigenvalue weighted by atomic mass is 16.5. The maximum atomic E-state index is 12.3. The molecule has 1 saturated carbocycles. The monoisotopic (exact) mass is 336 g/mol. The molecule has 0 spiro atoms. The summed E-state index contributed by atoms with van der Waals surface area (Å²) in [4.78, 5) is 12.3. The molecule has 0 radical (unpaired) electrons. The van der Waals surface area contributed by atoms with Crippen LogP contribution in [0.4, 0.5) is 0 Å². The number of hydrogen-bond donors (Lipinski definition) is 5. The molecule has 1 aromatic rings. The van der Waals surface area contributed by atoms with Crippen molar-refractivity contribution in [2.24, 2.45) is 11.7 Å². The Morgan fingerprint density at radius 1 is 1.12 bits per heavy atom. The van der Waals surface area contributed by atoms with Crippen molar-refractivity contribution in [2.45, 2.75) is 63.0 Å². The lowest BCUT2D eigenvalue weighted by Gasteiger charge is -2.33. The summed E-state index contributed by atoms with van der Waals surface area (Å²) in [5.74, 6) is -0.637. The van der Waals surface area contributed by atoms with Crippen molar-refractivity contribution in [1.82, 2.24) is 5.32 Å². The summed E-state index contributed by atoms with van der Waals surface area (Å²) in [6.07, 6.45) is 2.17. The number of aliphatic hydroxyl groups is 3. The Bertz CT molecular complexity index is 503. The molecule has 1 aromatic carbocycles. The fourth-order valence-corrected chi connectivity index (χ4v) is 3.37. The minimum absolute atomic E-state index is 0.0141. The number of carbonyl (C=O) groups excluding carboxylic acids is 1. The molecule has 1 fully saturated rings. The van der Waals surface area contributed by atoms with Gasteiger partial charge >= 0.3 is 0 Å². The van der Waals surface area contributed by atoms with Crippen LogP contribution in [0.25, 0.3) is 0 Å². The van der Waals surface area contributed by atoms with Crippen molar-refractivity contribution in [1.29, 1.82) is 0 Å². The molecule has 0 bridgehead atoms. The SMILES string of the molecule is N[C@H](Cc1ccccc1)[C@H](O)C(=O)N[C@H](C(O)O)C1CCCCC1. The number of hydrogen-bond acceptors (Lipinski definition) is 5. The Hall–Kier alpha value is -1.47. The second-order valence-electron chi connectivity index (χ2n) is 6.64. The molecule has 6 nitrogen and oxygen atoms in total. The average Bonchev–Trinajstić information content (AvgIpc) is 2.60. The molecule has 1 amide bonds. The Balaban J connectivity index is 1.92. The van der Waals surface area contributed by atoms with Gasteiger partial charge < -0.3 is 26.4 Å². The van der Waals surface area contributed by atoms with E-state index < -0.39 is 30.4 Å². The van der Waals surface area contributed by atoms with Crippen molar-refractivity contribution in [3.63, 3.8) is 0 Å². The lowest BCUT2D eigenvalue weighted by molar-refractivity contribution is -0.138. The molecule has 2 rings (SSSR count). The Kier molecular flexibility index (Phi) is 7.17. The quantitative estimate of drug-likeness (QED) is 0.459. The number of aliphatic hydroxyl groups excluding tert-OH is 2. The predicted molar refractivity (Wildman–Crippen MR) is 90.9 cm³/mol. The number of amides is 1. The zero-order valence-electron chi connectivity index (χ0n) is 13.8. The number of carbonyl (C=O) groups is 1. The fraction of sp³-hybridized carbons (Fsp3) is 0.611. The van der Waals surface area contributed by atoms with E-state index in [2.05, 4.69) is 5.32 Å². The molecular formula is C18H28N2O4. The number of nitrogens with two attached hydrogens (primary N) is 1. The Labute approximate surface area is 142 Å². The molecule has 6 heteroatoms. The van der Waals surface area contributed by atoms with E-state index in [0.29, 0.717) is 6.42 Å². The van der Waals surface area contributed by atoms with E-state index in [-0.39, 0.29) is 5.92 Å². The van der Waals surface area contributed by atoms with Crippen LogP contribution in [-0.4, -0.2) is 45.7 Å². The van der Waals surface area contributed by atoms with Crippen LogP contribution in [0, 0.1) is 5.92 Å². The topological polar surface area (TPSA) is 116 Å². The molecular weight excluding hydrogens is 308 g/mol. The first-order valence-corrected chi connectivity index (χ1v) is 8.63. The highest BCUT2D eigenvalue weighted by Crippen LogP contribution is 2.27. The standard InChI is InChI=1S/C18H28N2O4/c19-14(11-12-7-3-1-4-8-12)16(21)17(22)20-15(18(23)24)13-9-5-2-6-10-13/h1,3-4,7-8,13-16,18,21,23-24H,2,5-6,9-11,19H2,(H,20,22)/t14-,15+,16+/m1/s1. The zero-order valence-corrected chi connectivity index (χ0v) is 13.8. The molecule has 3 atom stereocenters. The molecule has 0 aromatic heterocycles. The van der Waals surface area contributed by atoms with Gasteiger partial charge in [-0.2, -0.15) is 0 Å². The first-order chi connectivity index (χ1) is 11.5. The highest BCUT2D eigenvalue weighted by molar-refractivity contribution is 5.81. The average molecular weight is 336 g/mol. The fourth-order valence-electron chi connectivity index (χ4n) is 3.37. The van der Waals surface area contributed by atoms with Gasteiger partial charge in [-0.1, -0.05) is 49.6 Å². The van der Waals surface area contributed by atoms with Gasteiger partial charge in [0.15, 0.2) is 6.29 Å². The summed E-state index contributed by atoms with van der Waals surface area (Å²) < 4.78 is 0. The molecule has 0 saturated heterocycles. The van der Waals surface area contributed by atoms with Crippen LogP contribution >= 0.6 is 0 Å². The van der Waals surface area contributed by atoms with Gasteiger partial charge in [0, 0.05) is 6.04 Å². The van der Waals surface area contributed by atoms with Crippen molar-refractivity contribution in [3.05, 3.63) is 35.9 Å². The molecule has 1 aliphatic rings. The first-order valence-electron chi connectivity index (χ1n) is 8.63. The van der Waals surface area contributed by atoms with Gasteiger partial charge in [0.05, 0.1) is 6.04 Å². The van der Waals surface area contributed by atoms with Gasteiger partial charge in [-0.15, -0.1) is 0 Å². The largest absolute Gasteiger partial charge is 0.382 e. The summed E-state index contributed by atoms with van der Waals surface area (Å²) in [5.41, 5.74) is 6.88. The van der Waals surface area contributed by atoms with Crippen LogP contribution in [-0.2, 0) is 11.2 Å². The van der Waals surface area contributed by atoms with Gasteiger partial charge in [0.25, 0.3) is 5.91 Å². The first kappa shape index (κ1) is 18.9. The second kappa shape index (κ2) is 9.13. The van der Waals surface area contributed by atoms with Crippen LogP contribution in [0.2, 0.25) is 0 Å². The summed E-state index contributed by atoms with van der Waals surface area (Å²) in [7, 11) is 0. The minimum atomic E-state index is -1.64. The van der Waals surface area contributed by atoms with E-state index in [0.717, 1.165) is 37.7 Å². The summed E-state index contributed by atoms with van der Waals surface area (Å²) in [5, 5.41) is 32.0. The summed E-state index contributed by atoms with van der Waals surface area (Å²) in [6.45, 7) is 0. The third-order valence-electron chi connectivity index (χ3n) is 4.78. The summed E-state index contributed by atoms with van der Waals surface area (Å²) in [6, 6.07) is 7.87. The van der Waals surface area contributed by atoms with Crippen molar-refractivity contribution in [3.8, 4) is 0 Å². The van der Waals surface area contributed by atoms with Crippen LogP contribution in [0.1, 0.15) is 37.7 Å². The molecule has 0 aliphatic heterocycles. The van der Waals surface area contributed by atoms with E-state index in [4.69, 9.17) is 5.73 Å². The molecule has 0 heterocycles. The van der Waals surface area contributed by atoms with E-state index in [1.54, 1.807) is 0 Å². The van der Waals surface area contributed by atoms with Crippen LogP contribution in [0.5, 0.6) is 0 Å². The van der Waals surface area contributed by atoms with E-state index in [1.165, 1.54) is 0 Å². The van der Waals surface area contributed by atoms with Gasteiger partial charge in [-0.25, -0.2) is 0 Å². The van der Waals surface area contributed by atoms with Gasteiger partial charge in [0.2, 0.25) is 0 Å². The van der Waals surface area contributed by atoms with Gasteiger partial charge in [0.1, 0.15) is 6.10 Å². The van der Waals surface area contributed by atoms with Crippen molar-refractivity contribution >= 4 is 5.91 Å². The second-order valence-corrected chi connectivity index (χ2v) is 6.64. The minimum Gasteiger partial charge on any atom is -0.382 e. The van der Waals surface area contributed by atoms with Gasteiger partial charge in [-0.3, -0.25) is 4.79 Å². The maximum Gasteiger partial charge on any atom is 0.250 e. The normalized spacial score (nSPS) is 19.7. The highest BCUT2D eigenvalue weighted by Gasteiger charge is 2.33. The Morgan fingerprint density at radius 3 is 2.33 bits per heavy atom. The third-order valence-corrected chi connectivity index (χ3v) is 4.78. The molecule has 0 unspecified atom stereocenters. The van der Waals surface area contributed by atoms with Crippen molar-refractivity contribution < 1.29 is 20.1 Å². The lowest BCUT2D eigenvalue weighted by atomic mass is 9.83. The summed E-state index contributed by atoms with van der Waals surface area (Å²) >= 11 is 0. The predicted octanol–water partition coefficient (Wildman–Crippen LogP) is 0.293. The maximum absolute atomic E-state index is 12.3. The van der Waals surface area contributed by atoms with Crippen molar-refractivity contribution in [2.75, 3.05) is 0 Å².